The van der Waals surface area contributed by atoms with Gasteiger partial charge in [-0.05, 0) is 31.4 Å². The Hall–Kier alpha value is -0.740. The van der Waals surface area contributed by atoms with Crippen LogP contribution < -0.4 is 9.47 Å². The SMILES string of the molecule is CCOc1cc2cc(CBr)sc2cc1OCC. The molecule has 1 aromatic heterocycles. The Labute approximate surface area is 114 Å². The molecule has 0 radical (unpaired) electrons. The molecular weight excluding hydrogens is 300 g/mol. The van der Waals surface area contributed by atoms with Crippen molar-refractivity contribution >= 4 is 37.4 Å². The lowest BCUT2D eigenvalue weighted by Gasteiger charge is -2.10. The molecule has 2 rings (SSSR count). The van der Waals surface area contributed by atoms with Crippen LogP contribution in [0, 0.1) is 0 Å². The van der Waals surface area contributed by atoms with Crippen molar-refractivity contribution in [1.29, 1.82) is 0 Å². The van der Waals surface area contributed by atoms with E-state index in [1.165, 1.54) is 15.0 Å². The molecule has 0 saturated heterocycles. The maximum atomic E-state index is 5.61. The molecule has 0 saturated carbocycles. The fourth-order valence-electron chi connectivity index (χ4n) is 1.70. The van der Waals surface area contributed by atoms with Gasteiger partial charge >= 0.3 is 0 Å². The molecule has 17 heavy (non-hydrogen) atoms. The van der Waals surface area contributed by atoms with Gasteiger partial charge in [0.15, 0.2) is 11.5 Å². The zero-order chi connectivity index (χ0) is 12.3. The molecule has 0 spiro atoms. The lowest BCUT2D eigenvalue weighted by molar-refractivity contribution is 0.288. The van der Waals surface area contributed by atoms with Crippen LogP contribution in [-0.4, -0.2) is 13.2 Å². The molecule has 2 aromatic rings. The van der Waals surface area contributed by atoms with E-state index in [2.05, 4.69) is 34.1 Å². The standard InChI is InChI=1S/C13H15BrO2S/c1-3-15-11-6-9-5-10(8-14)17-13(9)7-12(11)16-4-2/h5-7H,3-4,8H2,1-2H3. The summed E-state index contributed by atoms with van der Waals surface area (Å²) in [5.74, 6) is 1.67. The van der Waals surface area contributed by atoms with Crippen molar-refractivity contribution in [1.82, 2.24) is 0 Å². The van der Waals surface area contributed by atoms with Crippen LogP contribution in [0.15, 0.2) is 18.2 Å². The largest absolute Gasteiger partial charge is 0.490 e. The van der Waals surface area contributed by atoms with Crippen LogP contribution >= 0.6 is 27.3 Å². The Bertz CT molecular complexity index is 464. The number of fused-ring (bicyclic) bond motifs is 1. The molecule has 0 fully saturated rings. The molecule has 1 heterocycles. The monoisotopic (exact) mass is 314 g/mol. The van der Waals surface area contributed by atoms with Crippen molar-refractivity contribution < 1.29 is 9.47 Å². The number of benzene rings is 1. The van der Waals surface area contributed by atoms with Gasteiger partial charge in [-0.3, -0.25) is 0 Å². The van der Waals surface area contributed by atoms with Gasteiger partial charge in [-0.2, -0.15) is 0 Å². The summed E-state index contributed by atoms with van der Waals surface area (Å²) in [5.41, 5.74) is 0. The van der Waals surface area contributed by atoms with Crippen molar-refractivity contribution in [2.45, 2.75) is 19.2 Å². The van der Waals surface area contributed by atoms with Crippen LogP contribution in [0.25, 0.3) is 10.1 Å². The van der Waals surface area contributed by atoms with Crippen molar-refractivity contribution in [3.8, 4) is 11.5 Å². The van der Waals surface area contributed by atoms with E-state index in [1.54, 1.807) is 11.3 Å². The van der Waals surface area contributed by atoms with Crippen LogP contribution in [0.1, 0.15) is 18.7 Å². The van der Waals surface area contributed by atoms with Crippen molar-refractivity contribution in [3.63, 3.8) is 0 Å². The maximum absolute atomic E-state index is 5.61. The Kier molecular flexibility index (Phi) is 4.29. The molecule has 0 bridgehead atoms. The molecule has 0 aliphatic heterocycles. The van der Waals surface area contributed by atoms with Crippen LogP contribution in [0.5, 0.6) is 11.5 Å². The van der Waals surface area contributed by atoms with Gasteiger partial charge in [-0.25, -0.2) is 0 Å². The molecule has 2 nitrogen and oxygen atoms in total. The minimum Gasteiger partial charge on any atom is -0.490 e. The van der Waals surface area contributed by atoms with Crippen molar-refractivity contribution in [2.75, 3.05) is 13.2 Å². The van der Waals surface area contributed by atoms with Gasteiger partial charge in [0.25, 0.3) is 0 Å². The molecule has 0 aliphatic carbocycles. The number of halogens is 1. The van der Waals surface area contributed by atoms with E-state index in [9.17, 15) is 0 Å². The van der Waals surface area contributed by atoms with Gasteiger partial charge in [0.05, 0.1) is 13.2 Å². The van der Waals surface area contributed by atoms with E-state index in [0.717, 1.165) is 16.8 Å². The van der Waals surface area contributed by atoms with Crippen LogP contribution in [-0.2, 0) is 5.33 Å². The second kappa shape index (κ2) is 5.74. The summed E-state index contributed by atoms with van der Waals surface area (Å²) in [6.45, 7) is 5.28. The molecule has 4 heteroatoms. The Balaban J connectivity index is 2.48. The first-order valence-electron chi connectivity index (χ1n) is 5.66. The van der Waals surface area contributed by atoms with Gasteiger partial charge in [0.1, 0.15) is 0 Å². The quantitative estimate of drug-likeness (QED) is 0.751. The molecule has 0 unspecified atom stereocenters. The maximum Gasteiger partial charge on any atom is 0.162 e. The second-order valence-corrected chi connectivity index (χ2v) is 5.28. The first-order valence-corrected chi connectivity index (χ1v) is 7.60. The fourth-order valence-corrected chi connectivity index (χ4v) is 3.13. The average Bonchev–Trinajstić information content (AvgIpc) is 2.72. The molecule has 0 N–H and O–H groups in total. The van der Waals surface area contributed by atoms with E-state index < -0.39 is 0 Å². The lowest BCUT2D eigenvalue weighted by atomic mass is 10.2. The van der Waals surface area contributed by atoms with Gasteiger partial charge in [0.2, 0.25) is 0 Å². The highest BCUT2D eigenvalue weighted by atomic mass is 79.9. The lowest BCUT2D eigenvalue weighted by Crippen LogP contribution is -1.97. The zero-order valence-corrected chi connectivity index (χ0v) is 12.4. The molecular formula is C13H15BrO2S. The highest BCUT2D eigenvalue weighted by Crippen LogP contribution is 2.37. The first kappa shape index (κ1) is 12.7. The zero-order valence-electron chi connectivity index (χ0n) is 9.96. The Morgan fingerprint density at radius 1 is 1.06 bits per heavy atom. The number of alkyl halides is 1. The fraction of sp³-hybridized carbons (Fsp3) is 0.385. The van der Waals surface area contributed by atoms with E-state index >= 15 is 0 Å². The molecule has 0 aliphatic rings. The topological polar surface area (TPSA) is 18.5 Å². The van der Waals surface area contributed by atoms with E-state index in [1.807, 2.05) is 13.8 Å². The smallest absolute Gasteiger partial charge is 0.162 e. The number of ether oxygens (including phenoxy) is 2. The molecule has 1 aromatic carbocycles. The summed E-state index contributed by atoms with van der Waals surface area (Å²) in [6, 6.07) is 6.32. The Morgan fingerprint density at radius 3 is 2.29 bits per heavy atom. The van der Waals surface area contributed by atoms with Gasteiger partial charge in [-0.15, -0.1) is 11.3 Å². The summed E-state index contributed by atoms with van der Waals surface area (Å²) >= 11 is 5.26. The predicted octanol–water partition coefficient (Wildman–Crippen LogP) is 4.59. The van der Waals surface area contributed by atoms with E-state index in [4.69, 9.17) is 9.47 Å². The average molecular weight is 315 g/mol. The first-order chi connectivity index (χ1) is 8.28. The summed E-state index contributed by atoms with van der Waals surface area (Å²) in [5, 5.41) is 2.11. The molecule has 0 atom stereocenters. The highest BCUT2D eigenvalue weighted by molar-refractivity contribution is 9.08. The van der Waals surface area contributed by atoms with Gasteiger partial charge in [0, 0.05) is 21.0 Å². The highest BCUT2D eigenvalue weighted by Gasteiger charge is 2.09. The minimum atomic E-state index is 0.654. The van der Waals surface area contributed by atoms with Gasteiger partial charge < -0.3 is 9.47 Å². The van der Waals surface area contributed by atoms with Gasteiger partial charge in [-0.1, -0.05) is 15.9 Å². The number of rotatable bonds is 5. The summed E-state index contributed by atoms with van der Waals surface area (Å²) in [7, 11) is 0. The van der Waals surface area contributed by atoms with E-state index in [-0.39, 0.29) is 0 Å². The van der Waals surface area contributed by atoms with Crippen LogP contribution in [0.4, 0.5) is 0 Å². The van der Waals surface area contributed by atoms with Crippen molar-refractivity contribution in [2.24, 2.45) is 0 Å². The third kappa shape index (κ3) is 2.75. The molecule has 0 amide bonds. The second-order valence-electron chi connectivity index (χ2n) is 3.55. The summed E-state index contributed by atoms with van der Waals surface area (Å²) in [6.07, 6.45) is 0. The summed E-state index contributed by atoms with van der Waals surface area (Å²) < 4.78 is 12.5. The third-order valence-corrected chi connectivity index (χ3v) is 4.44. The number of hydrogen-bond donors (Lipinski definition) is 0. The predicted molar refractivity (Wildman–Crippen MR) is 76.8 cm³/mol. The van der Waals surface area contributed by atoms with Crippen LogP contribution in [0.2, 0.25) is 0 Å². The van der Waals surface area contributed by atoms with Crippen molar-refractivity contribution in [3.05, 3.63) is 23.1 Å². The minimum absolute atomic E-state index is 0.654. The normalized spacial score (nSPS) is 10.8. The number of thiophene rings is 1. The number of hydrogen-bond acceptors (Lipinski definition) is 3. The van der Waals surface area contributed by atoms with Crippen LogP contribution in [0.3, 0.4) is 0 Å². The molecule has 92 valence electrons. The summed E-state index contributed by atoms with van der Waals surface area (Å²) in [4.78, 5) is 1.32. The van der Waals surface area contributed by atoms with E-state index in [0.29, 0.717) is 13.2 Å². The third-order valence-electron chi connectivity index (χ3n) is 2.37. The Morgan fingerprint density at radius 2 is 1.71 bits per heavy atom.